The van der Waals surface area contributed by atoms with Crippen LogP contribution in [-0.4, -0.2) is 34.7 Å². The molecule has 1 saturated heterocycles. The van der Waals surface area contributed by atoms with Crippen molar-refractivity contribution >= 4 is 29.4 Å². The van der Waals surface area contributed by atoms with E-state index in [1.54, 1.807) is 12.1 Å². The van der Waals surface area contributed by atoms with Crippen LogP contribution in [-0.2, 0) is 22.7 Å². The molecule has 176 valence electrons. The fourth-order valence-corrected chi connectivity index (χ4v) is 4.47. The fourth-order valence-electron chi connectivity index (χ4n) is 4.47. The molecule has 8 nitrogen and oxygen atoms in total. The highest BCUT2D eigenvalue weighted by atomic mass is 16.2. The normalized spacial score (nSPS) is 17.1. The van der Waals surface area contributed by atoms with Gasteiger partial charge in [-0.25, -0.2) is 4.79 Å². The second-order valence-electron chi connectivity index (χ2n) is 8.64. The van der Waals surface area contributed by atoms with Crippen LogP contribution in [0.3, 0.4) is 0 Å². The summed E-state index contributed by atoms with van der Waals surface area (Å²) in [6.45, 7) is 0.585. The van der Waals surface area contributed by atoms with Crippen LogP contribution in [0.5, 0.6) is 0 Å². The second kappa shape index (κ2) is 9.42. The molecule has 1 fully saturated rings. The van der Waals surface area contributed by atoms with Crippen molar-refractivity contribution in [3.8, 4) is 11.1 Å². The maximum Gasteiger partial charge on any atom is 0.319 e. The van der Waals surface area contributed by atoms with Gasteiger partial charge in [0.15, 0.2) is 0 Å². The molecule has 35 heavy (non-hydrogen) atoms. The van der Waals surface area contributed by atoms with Gasteiger partial charge in [-0.15, -0.1) is 0 Å². The van der Waals surface area contributed by atoms with Gasteiger partial charge in [0.25, 0.3) is 5.91 Å². The number of rotatable bonds is 5. The monoisotopic (exact) mass is 468 g/mol. The number of piperidine rings is 1. The third-order valence-electron chi connectivity index (χ3n) is 6.29. The van der Waals surface area contributed by atoms with Crippen molar-refractivity contribution < 1.29 is 19.2 Å². The molecule has 1 unspecified atom stereocenters. The molecule has 0 radical (unpaired) electrons. The number of anilines is 1. The Morgan fingerprint density at radius 1 is 0.943 bits per heavy atom. The predicted octanol–water partition coefficient (Wildman–Crippen LogP) is 3.44. The maximum absolute atomic E-state index is 12.8. The Bertz CT molecular complexity index is 1300. The number of fused-ring (bicyclic) bond motifs is 1. The molecule has 0 bridgehead atoms. The number of amides is 5. The zero-order valence-corrected chi connectivity index (χ0v) is 18.9. The maximum atomic E-state index is 12.8. The lowest BCUT2D eigenvalue weighted by Crippen LogP contribution is -2.52. The van der Waals surface area contributed by atoms with E-state index >= 15 is 0 Å². The Kier molecular flexibility index (Phi) is 6.01. The van der Waals surface area contributed by atoms with Crippen LogP contribution < -0.4 is 16.0 Å². The molecule has 0 saturated carbocycles. The Labute approximate surface area is 202 Å². The van der Waals surface area contributed by atoms with Gasteiger partial charge in [0.1, 0.15) is 6.04 Å². The van der Waals surface area contributed by atoms with Crippen LogP contribution in [0.1, 0.15) is 34.3 Å². The predicted molar refractivity (Wildman–Crippen MR) is 130 cm³/mol. The number of imide groups is 1. The Hall–Kier alpha value is -4.46. The van der Waals surface area contributed by atoms with Gasteiger partial charge in [0.05, 0.1) is 0 Å². The quantitative estimate of drug-likeness (QED) is 0.499. The molecule has 3 aromatic carbocycles. The second-order valence-corrected chi connectivity index (χ2v) is 8.64. The molecule has 1 atom stereocenters. The standard InChI is InChI=1S/C27H24N4O4/c32-24-13-12-23(25(33)30-24)31-16-20-14-17(6-11-22(20)26(31)34)15-28-27(35)29-21-9-7-19(8-10-21)18-4-2-1-3-5-18/h1-11,14,23H,12-13,15-16H2,(H2,28,29,35)(H,30,32,33). The van der Waals surface area contributed by atoms with Crippen molar-refractivity contribution in [1.82, 2.24) is 15.5 Å². The highest BCUT2D eigenvalue weighted by Crippen LogP contribution is 2.28. The van der Waals surface area contributed by atoms with Gasteiger partial charge in [-0.2, -0.15) is 0 Å². The number of nitrogens with one attached hydrogen (secondary N) is 3. The van der Waals surface area contributed by atoms with Crippen molar-refractivity contribution in [1.29, 1.82) is 0 Å². The molecule has 0 aliphatic carbocycles. The fraction of sp³-hybridized carbons (Fsp3) is 0.185. The molecule has 5 rings (SSSR count). The van der Waals surface area contributed by atoms with Crippen molar-refractivity contribution in [3.05, 3.63) is 89.5 Å². The van der Waals surface area contributed by atoms with E-state index in [1.807, 2.05) is 60.7 Å². The van der Waals surface area contributed by atoms with Crippen molar-refractivity contribution in [2.45, 2.75) is 32.0 Å². The summed E-state index contributed by atoms with van der Waals surface area (Å²) in [5.41, 5.74) is 5.04. The summed E-state index contributed by atoms with van der Waals surface area (Å²) in [5, 5.41) is 7.96. The van der Waals surface area contributed by atoms with Crippen LogP contribution in [0.15, 0.2) is 72.8 Å². The summed E-state index contributed by atoms with van der Waals surface area (Å²) in [6, 6.07) is 22.0. The minimum atomic E-state index is -0.645. The van der Waals surface area contributed by atoms with E-state index in [-0.39, 0.29) is 30.8 Å². The Morgan fingerprint density at radius 3 is 2.43 bits per heavy atom. The minimum absolute atomic E-state index is 0.217. The first-order chi connectivity index (χ1) is 17.0. The van der Waals surface area contributed by atoms with Crippen LogP contribution in [0.2, 0.25) is 0 Å². The van der Waals surface area contributed by atoms with Gasteiger partial charge < -0.3 is 15.5 Å². The average Bonchev–Trinajstić information content (AvgIpc) is 3.19. The van der Waals surface area contributed by atoms with Crippen molar-refractivity contribution in [2.24, 2.45) is 0 Å². The third kappa shape index (κ3) is 4.77. The molecule has 3 aromatic rings. The molecule has 2 aliphatic heterocycles. The van der Waals surface area contributed by atoms with E-state index in [0.29, 0.717) is 24.2 Å². The van der Waals surface area contributed by atoms with Crippen LogP contribution in [0.25, 0.3) is 11.1 Å². The SMILES string of the molecule is O=C1CCC(N2Cc3cc(CNC(=O)Nc4ccc(-c5ccccc5)cc4)ccc3C2=O)C(=O)N1. The number of benzene rings is 3. The first kappa shape index (κ1) is 22.3. The summed E-state index contributed by atoms with van der Waals surface area (Å²) in [6.07, 6.45) is 0.543. The summed E-state index contributed by atoms with van der Waals surface area (Å²) < 4.78 is 0. The van der Waals surface area contributed by atoms with Gasteiger partial charge in [0.2, 0.25) is 11.8 Å². The zero-order chi connectivity index (χ0) is 24.4. The summed E-state index contributed by atoms with van der Waals surface area (Å²) in [4.78, 5) is 50.3. The van der Waals surface area contributed by atoms with E-state index in [1.165, 1.54) is 4.90 Å². The first-order valence-corrected chi connectivity index (χ1v) is 11.4. The van der Waals surface area contributed by atoms with Gasteiger partial charge in [0, 0.05) is 30.8 Å². The van der Waals surface area contributed by atoms with E-state index in [9.17, 15) is 19.2 Å². The van der Waals surface area contributed by atoms with Crippen LogP contribution in [0.4, 0.5) is 10.5 Å². The molecule has 0 spiro atoms. The van der Waals surface area contributed by atoms with E-state index in [0.717, 1.165) is 22.3 Å². The first-order valence-electron chi connectivity index (χ1n) is 11.4. The molecular formula is C27H24N4O4. The summed E-state index contributed by atoms with van der Waals surface area (Å²) in [5.74, 6) is -0.961. The van der Waals surface area contributed by atoms with Gasteiger partial charge >= 0.3 is 6.03 Å². The lowest BCUT2D eigenvalue weighted by atomic mass is 10.0. The highest BCUT2D eigenvalue weighted by molar-refractivity contribution is 6.05. The Balaban J connectivity index is 1.17. The smallest absolute Gasteiger partial charge is 0.319 e. The number of nitrogens with zero attached hydrogens (tertiary/aromatic N) is 1. The van der Waals surface area contributed by atoms with Gasteiger partial charge in [-0.3, -0.25) is 19.7 Å². The highest BCUT2D eigenvalue weighted by Gasteiger charge is 2.39. The van der Waals surface area contributed by atoms with Gasteiger partial charge in [-0.05, 0) is 46.9 Å². The largest absolute Gasteiger partial charge is 0.334 e. The molecular weight excluding hydrogens is 444 g/mol. The molecule has 5 amide bonds. The zero-order valence-electron chi connectivity index (χ0n) is 18.9. The Morgan fingerprint density at radius 2 is 1.69 bits per heavy atom. The average molecular weight is 469 g/mol. The van der Waals surface area contributed by atoms with Crippen molar-refractivity contribution in [2.75, 3.05) is 5.32 Å². The van der Waals surface area contributed by atoms with E-state index in [2.05, 4.69) is 16.0 Å². The van der Waals surface area contributed by atoms with E-state index < -0.39 is 11.9 Å². The summed E-state index contributed by atoms with van der Waals surface area (Å²) in [7, 11) is 0. The number of carbonyl (C=O) groups excluding carboxylic acids is 4. The molecule has 2 heterocycles. The number of urea groups is 1. The molecule has 2 aliphatic rings. The molecule has 0 aromatic heterocycles. The lowest BCUT2D eigenvalue weighted by Gasteiger charge is -2.29. The summed E-state index contributed by atoms with van der Waals surface area (Å²) >= 11 is 0. The number of hydrogen-bond donors (Lipinski definition) is 3. The molecule has 3 N–H and O–H groups in total. The van der Waals surface area contributed by atoms with Crippen molar-refractivity contribution in [3.63, 3.8) is 0 Å². The number of carbonyl (C=O) groups is 4. The minimum Gasteiger partial charge on any atom is -0.334 e. The topological polar surface area (TPSA) is 108 Å². The van der Waals surface area contributed by atoms with Crippen LogP contribution in [0, 0.1) is 0 Å². The number of hydrogen-bond acceptors (Lipinski definition) is 4. The van der Waals surface area contributed by atoms with Crippen LogP contribution >= 0.6 is 0 Å². The molecule has 8 heteroatoms. The lowest BCUT2D eigenvalue weighted by molar-refractivity contribution is -0.136. The third-order valence-corrected chi connectivity index (χ3v) is 6.29. The van der Waals surface area contributed by atoms with Gasteiger partial charge in [-0.1, -0.05) is 54.6 Å². The van der Waals surface area contributed by atoms with E-state index in [4.69, 9.17) is 0 Å².